The third-order valence-electron chi connectivity index (χ3n) is 8.79. The van der Waals surface area contributed by atoms with Gasteiger partial charge in [0.15, 0.2) is 17.4 Å². The van der Waals surface area contributed by atoms with Gasteiger partial charge < -0.3 is 34.1 Å². The molecule has 1 aliphatic rings. The molecular formula is C37H45F2N5O5Si. The van der Waals surface area contributed by atoms with Crippen LogP contribution in [0.1, 0.15) is 33.3 Å². The summed E-state index contributed by atoms with van der Waals surface area (Å²) in [5.74, 6) is -1.78. The Kier molecular flexibility index (Phi) is 11.1. The molecule has 3 heterocycles. The molecule has 0 spiro atoms. The van der Waals surface area contributed by atoms with Crippen LogP contribution in [0.3, 0.4) is 0 Å². The lowest BCUT2D eigenvalue weighted by atomic mass is 9.75. The zero-order valence-corrected chi connectivity index (χ0v) is 30.7. The molecule has 2 amide bonds. The van der Waals surface area contributed by atoms with Crippen LogP contribution in [0.15, 0.2) is 48.8 Å². The molecule has 0 bridgehead atoms. The molecule has 2 N–H and O–H groups in total. The van der Waals surface area contributed by atoms with Gasteiger partial charge in [-0.25, -0.2) is 18.6 Å². The van der Waals surface area contributed by atoms with Crippen molar-refractivity contribution < 1.29 is 32.5 Å². The highest BCUT2D eigenvalue weighted by Crippen LogP contribution is 2.41. The summed E-state index contributed by atoms with van der Waals surface area (Å²) in [6.07, 6.45) is 3.19. The number of pyridine rings is 1. The summed E-state index contributed by atoms with van der Waals surface area (Å²) < 4.78 is 56.0. The first-order chi connectivity index (χ1) is 23.7. The van der Waals surface area contributed by atoms with Gasteiger partial charge in [0.05, 0.1) is 30.3 Å². The summed E-state index contributed by atoms with van der Waals surface area (Å²) >= 11 is 0. The minimum atomic E-state index is -1.33. The van der Waals surface area contributed by atoms with Gasteiger partial charge in [-0.05, 0) is 49.6 Å². The first-order valence-corrected chi connectivity index (χ1v) is 20.5. The van der Waals surface area contributed by atoms with Gasteiger partial charge in [-0.15, -0.1) is 0 Å². The van der Waals surface area contributed by atoms with Crippen molar-refractivity contribution in [1.82, 2.24) is 14.9 Å². The van der Waals surface area contributed by atoms with Gasteiger partial charge in [0.2, 0.25) is 0 Å². The number of halogens is 2. The standard InChI is InChI=1S/C37H45F2N5O5Si/c1-23(2)37(20-47-21-37)19-42-36(45)43-27-15-29(38)34(30(39)16-27)49-32-10-11-41-35-33(32)28(18-44(35)22-46-12-13-50(5,6)7)25-8-9-31(48-24(3)4)26(14-25)17-40/h8-11,14-16,18,23-24H,12-13,19-22H2,1-7H3,(H2,42,43,45). The molecule has 0 saturated carbocycles. The van der Waals surface area contributed by atoms with Crippen LogP contribution < -0.4 is 20.1 Å². The van der Waals surface area contributed by atoms with E-state index in [0.717, 1.165) is 18.2 Å². The van der Waals surface area contributed by atoms with E-state index in [-0.39, 0.29) is 35.6 Å². The molecule has 5 rings (SSSR count). The van der Waals surface area contributed by atoms with Gasteiger partial charge in [0.25, 0.3) is 0 Å². The molecule has 0 aliphatic carbocycles. The van der Waals surface area contributed by atoms with Crippen molar-refractivity contribution in [3.05, 3.63) is 66.0 Å². The lowest BCUT2D eigenvalue weighted by Crippen LogP contribution is -2.54. The van der Waals surface area contributed by atoms with E-state index in [4.69, 9.17) is 18.9 Å². The Morgan fingerprint density at radius 2 is 1.82 bits per heavy atom. The molecule has 1 saturated heterocycles. The number of hydrogen-bond donors (Lipinski definition) is 2. The Morgan fingerprint density at radius 1 is 1.10 bits per heavy atom. The summed E-state index contributed by atoms with van der Waals surface area (Å²) in [5, 5.41) is 15.7. The Balaban J connectivity index is 1.45. The number of nitrogens with zero attached hydrogens (tertiary/aromatic N) is 3. The number of carbonyl (C=O) groups is 1. The van der Waals surface area contributed by atoms with Gasteiger partial charge >= 0.3 is 6.03 Å². The Morgan fingerprint density at radius 3 is 2.42 bits per heavy atom. The molecule has 10 nitrogen and oxygen atoms in total. The normalized spacial score (nSPS) is 14.0. The minimum absolute atomic E-state index is 0.0665. The van der Waals surface area contributed by atoms with E-state index in [1.54, 1.807) is 12.1 Å². The lowest BCUT2D eigenvalue weighted by molar-refractivity contribution is -0.134. The van der Waals surface area contributed by atoms with Crippen LogP contribution in [0, 0.1) is 34.3 Å². The van der Waals surface area contributed by atoms with Crippen LogP contribution in [-0.2, 0) is 16.2 Å². The number of ether oxygens (including phenoxy) is 4. The van der Waals surface area contributed by atoms with Crippen molar-refractivity contribution in [2.24, 2.45) is 11.3 Å². The Bertz CT molecular complexity index is 1870. The second-order valence-electron chi connectivity index (χ2n) is 14.5. The molecule has 0 atom stereocenters. The number of hydrogen-bond acceptors (Lipinski definition) is 7. The first-order valence-electron chi connectivity index (χ1n) is 16.8. The molecule has 50 heavy (non-hydrogen) atoms. The summed E-state index contributed by atoms with van der Waals surface area (Å²) in [6.45, 7) is 16.9. The minimum Gasteiger partial charge on any atom is -0.490 e. The third kappa shape index (κ3) is 8.43. The van der Waals surface area contributed by atoms with Crippen molar-refractivity contribution in [2.45, 2.75) is 66.2 Å². The van der Waals surface area contributed by atoms with Crippen LogP contribution in [0.5, 0.6) is 17.2 Å². The fourth-order valence-corrected chi connectivity index (χ4v) is 6.30. The molecular weight excluding hydrogens is 661 g/mol. The predicted octanol–water partition coefficient (Wildman–Crippen LogP) is 8.54. The van der Waals surface area contributed by atoms with Gasteiger partial charge in [0, 0.05) is 62.4 Å². The second-order valence-corrected chi connectivity index (χ2v) is 20.2. The Hall–Kier alpha value is -4.51. The van der Waals surface area contributed by atoms with E-state index in [2.05, 4.69) is 55.2 Å². The van der Waals surface area contributed by atoms with E-state index < -0.39 is 31.5 Å². The van der Waals surface area contributed by atoms with Crippen LogP contribution in [0.4, 0.5) is 19.3 Å². The van der Waals surface area contributed by atoms with Crippen LogP contribution >= 0.6 is 0 Å². The molecule has 2 aromatic heterocycles. The molecule has 4 aromatic rings. The van der Waals surface area contributed by atoms with E-state index in [0.29, 0.717) is 59.8 Å². The topological polar surface area (TPSA) is 120 Å². The van der Waals surface area contributed by atoms with E-state index in [9.17, 15) is 10.1 Å². The fourth-order valence-electron chi connectivity index (χ4n) is 5.55. The second kappa shape index (κ2) is 15.2. The monoisotopic (exact) mass is 705 g/mol. The van der Waals surface area contributed by atoms with Crippen LogP contribution in [0.2, 0.25) is 25.7 Å². The van der Waals surface area contributed by atoms with Crippen molar-refractivity contribution in [2.75, 3.05) is 31.7 Å². The first kappa shape index (κ1) is 36.8. The zero-order valence-electron chi connectivity index (χ0n) is 29.7. The SMILES string of the molecule is CC(C)Oc1ccc(-c2cn(COCC[Si](C)(C)C)c3nccc(Oc4c(F)cc(NC(=O)NCC5(C(C)C)COC5)cc4F)c23)cc1C#N. The number of benzene rings is 2. The highest BCUT2D eigenvalue weighted by atomic mass is 28.3. The maximum Gasteiger partial charge on any atom is 0.319 e. The molecule has 0 radical (unpaired) electrons. The molecule has 1 fully saturated rings. The van der Waals surface area contributed by atoms with E-state index in [1.807, 2.05) is 30.7 Å². The number of nitriles is 1. The molecule has 2 aromatic carbocycles. The van der Waals surface area contributed by atoms with Crippen molar-refractivity contribution in [3.8, 4) is 34.4 Å². The quantitative estimate of drug-likeness (QED) is 0.0997. The lowest BCUT2D eigenvalue weighted by Gasteiger charge is -2.44. The average molecular weight is 706 g/mol. The zero-order chi connectivity index (χ0) is 36.2. The predicted molar refractivity (Wildman–Crippen MR) is 191 cm³/mol. The fraction of sp³-hybridized carbons (Fsp3) is 0.432. The molecule has 1 aliphatic heterocycles. The van der Waals surface area contributed by atoms with Gasteiger partial charge in [-0.1, -0.05) is 39.6 Å². The van der Waals surface area contributed by atoms with Crippen molar-refractivity contribution >= 4 is 30.8 Å². The molecule has 13 heteroatoms. The number of carbonyl (C=O) groups excluding carboxylic acids is 1. The largest absolute Gasteiger partial charge is 0.490 e. The van der Waals surface area contributed by atoms with Gasteiger partial charge in [-0.3, -0.25) is 0 Å². The van der Waals surface area contributed by atoms with Gasteiger partial charge in [-0.2, -0.15) is 5.26 Å². The molecule has 0 unspecified atom stereocenters. The maximum atomic E-state index is 15.5. The maximum absolute atomic E-state index is 15.5. The summed E-state index contributed by atoms with van der Waals surface area (Å²) in [6, 6.07) is 11.4. The number of fused-ring (bicyclic) bond motifs is 1. The number of urea groups is 1. The summed E-state index contributed by atoms with van der Waals surface area (Å²) in [5.41, 5.74) is 1.84. The van der Waals surface area contributed by atoms with Crippen molar-refractivity contribution in [1.29, 1.82) is 5.26 Å². The number of anilines is 1. The van der Waals surface area contributed by atoms with Crippen LogP contribution in [0.25, 0.3) is 22.2 Å². The third-order valence-corrected chi connectivity index (χ3v) is 10.5. The number of aromatic nitrogens is 2. The Labute approximate surface area is 292 Å². The average Bonchev–Trinajstić information content (AvgIpc) is 3.39. The molecule has 266 valence electrons. The highest BCUT2D eigenvalue weighted by molar-refractivity contribution is 6.76. The number of amides is 2. The van der Waals surface area contributed by atoms with Crippen molar-refractivity contribution in [3.63, 3.8) is 0 Å². The number of nitrogens with one attached hydrogen (secondary N) is 2. The summed E-state index contributed by atoms with van der Waals surface area (Å²) in [4.78, 5) is 17.2. The smallest absolute Gasteiger partial charge is 0.319 e. The van der Waals surface area contributed by atoms with E-state index in [1.165, 1.54) is 12.3 Å². The highest BCUT2D eigenvalue weighted by Gasteiger charge is 2.41. The van der Waals surface area contributed by atoms with Crippen LogP contribution in [-0.4, -0.2) is 56.1 Å². The number of rotatable bonds is 14. The summed E-state index contributed by atoms with van der Waals surface area (Å²) in [7, 11) is -1.33. The van der Waals surface area contributed by atoms with E-state index >= 15 is 8.78 Å². The van der Waals surface area contributed by atoms with Gasteiger partial charge in [0.1, 0.15) is 29.9 Å².